The molecule has 106 valence electrons. The van der Waals surface area contributed by atoms with Crippen LogP contribution in [0.2, 0.25) is 0 Å². The lowest BCUT2D eigenvalue weighted by Crippen LogP contribution is -2.34. The molecular formula is C14H18BrClFNO. The van der Waals surface area contributed by atoms with Crippen molar-refractivity contribution in [3.8, 4) is 0 Å². The van der Waals surface area contributed by atoms with Crippen LogP contribution in [0.4, 0.5) is 4.39 Å². The van der Waals surface area contributed by atoms with Crippen molar-refractivity contribution in [2.75, 3.05) is 12.4 Å². The molecule has 1 aromatic rings. The molecule has 0 fully saturated rings. The van der Waals surface area contributed by atoms with E-state index >= 15 is 0 Å². The monoisotopic (exact) mass is 349 g/mol. The Labute approximate surface area is 126 Å². The maximum atomic E-state index is 13.2. The van der Waals surface area contributed by atoms with Gasteiger partial charge in [0.05, 0.1) is 0 Å². The van der Waals surface area contributed by atoms with Crippen LogP contribution < -0.4 is 5.32 Å². The minimum atomic E-state index is -0.430. The smallest absolute Gasteiger partial charge is 0.251 e. The van der Waals surface area contributed by atoms with Gasteiger partial charge in [-0.2, -0.15) is 0 Å². The predicted octanol–water partition coefficient (Wildman–Crippen LogP) is 4.36. The van der Waals surface area contributed by atoms with E-state index in [1.807, 2.05) is 0 Å². The normalized spacial score (nSPS) is 11.4. The van der Waals surface area contributed by atoms with Gasteiger partial charge in [0, 0.05) is 22.5 Å². The van der Waals surface area contributed by atoms with Crippen LogP contribution in [0.15, 0.2) is 22.7 Å². The molecule has 0 aliphatic carbocycles. The summed E-state index contributed by atoms with van der Waals surface area (Å²) in [6, 6.07) is 4.15. The van der Waals surface area contributed by atoms with Crippen molar-refractivity contribution in [2.24, 2.45) is 5.41 Å². The molecule has 0 aromatic heterocycles. The first-order valence-corrected chi connectivity index (χ1v) is 7.47. The third kappa shape index (κ3) is 5.91. The lowest BCUT2D eigenvalue weighted by atomic mass is 9.88. The Hall–Kier alpha value is -0.610. The van der Waals surface area contributed by atoms with E-state index in [9.17, 15) is 9.18 Å². The third-order valence-electron chi connectivity index (χ3n) is 2.84. The largest absolute Gasteiger partial charge is 0.352 e. The van der Waals surface area contributed by atoms with Gasteiger partial charge in [0.25, 0.3) is 5.91 Å². The Balaban J connectivity index is 2.60. The first kappa shape index (κ1) is 16.4. The molecule has 0 atom stereocenters. The van der Waals surface area contributed by atoms with E-state index in [2.05, 4.69) is 35.1 Å². The van der Waals surface area contributed by atoms with E-state index in [-0.39, 0.29) is 11.3 Å². The highest BCUT2D eigenvalue weighted by Crippen LogP contribution is 2.22. The van der Waals surface area contributed by atoms with Crippen LogP contribution in [0.1, 0.15) is 37.0 Å². The molecule has 0 radical (unpaired) electrons. The van der Waals surface area contributed by atoms with Crippen molar-refractivity contribution in [2.45, 2.75) is 26.7 Å². The van der Waals surface area contributed by atoms with Crippen molar-refractivity contribution in [3.05, 3.63) is 34.1 Å². The minimum absolute atomic E-state index is 0.0187. The van der Waals surface area contributed by atoms with Crippen molar-refractivity contribution >= 4 is 33.4 Å². The molecule has 0 unspecified atom stereocenters. The summed E-state index contributed by atoms with van der Waals surface area (Å²) in [5.41, 5.74) is 0.301. The molecule has 1 rings (SSSR count). The second kappa shape index (κ2) is 7.25. The zero-order chi connectivity index (χ0) is 14.5. The van der Waals surface area contributed by atoms with Gasteiger partial charge in [-0.3, -0.25) is 4.79 Å². The Morgan fingerprint density at radius 3 is 2.68 bits per heavy atom. The molecule has 0 heterocycles. The number of halogens is 3. The topological polar surface area (TPSA) is 29.1 Å². The molecule has 19 heavy (non-hydrogen) atoms. The number of hydrogen-bond acceptors (Lipinski definition) is 1. The van der Waals surface area contributed by atoms with Crippen LogP contribution in [0, 0.1) is 11.2 Å². The second-order valence-corrected chi connectivity index (χ2v) is 6.59. The van der Waals surface area contributed by atoms with E-state index in [1.54, 1.807) is 6.07 Å². The molecule has 1 aromatic carbocycles. The van der Waals surface area contributed by atoms with Crippen LogP contribution in [0.3, 0.4) is 0 Å². The van der Waals surface area contributed by atoms with E-state index in [0.29, 0.717) is 22.5 Å². The summed E-state index contributed by atoms with van der Waals surface area (Å²) in [6.45, 7) is 4.68. The van der Waals surface area contributed by atoms with Gasteiger partial charge in [0.15, 0.2) is 0 Å². The zero-order valence-corrected chi connectivity index (χ0v) is 13.4. The minimum Gasteiger partial charge on any atom is -0.352 e. The molecular weight excluding hydrogens is 333 g/mol. The van der Waals surface area contributed by atoms with E-state index in [0.717, 1.165) is 12.8 Å². The number of nitrogens with one attached hydrogen (secondary N) is 1. The van der Waals surface area contributed by atoms with Gasteiger partial charge in [-0.1, -0.05) is 29.8 Å². The Kier molecular flexibility index (Phi) is 6.27. The molecule has 2 nitrogen and oxygen atoms in total. The van der Waals surface area contributed by atoms with Gasteiger partial charge in [-0.05, 0) is 36.5 Å². The molecule has 0 aliphatic rings. The highest BCUT2D eigenvalue weighted by Gasteiger charge is 2.19. The van der Waals surface area contributed by atoms with Gasteiger partial charge in [-0.15, -0.1) is 11.6 Å². The van der Waals surface area contributed by atoms with Gasteiger partial charge < -0.3 is 5.32 Å². The Morgan fingerprint density at radius 1 is 1.42 bits per heavy atom. The maximum Gasteiger partial charge on any atom is 0.251 e. The summed E-state index contributed by atoms with van der Waals surface area (Å²) in [5, 5.41) is 2.83. The zero-order valence-electron chi connectivity index (χ0n) is 11.1. The van der Waals surface area contributed by atoms with Gasteiger partial charge in [0.1, 0.15) is 5.82 Å². The second-order valence-electron chi connectivity index (χ2n) is 5.30. The number of alkyl halides is 1. The quantitative estimate of drug-likeness (QED) is 0.759. The fraction of sp³-hybridized carbons (Fsp3) is 0.500. The molecule has 0 saturated carbocycles. The number of hydrogen-bond donors (Lipinski definition) is 1. The maximum absolute atomic E-state index is 13.2. The number of rotatable bonds is 6. The number of benzene rings is 1. The average molecular weight is 351 g/mol. The average Bonchev–Trinajstić information content (AvgIpc) is 2.32. The lowest BCUT2D eigenvalue weighted by Gasteiger charge is -2.24. The van der Waals surface area contributed by atoms with Crippen molar-refractivity contribution in [3.63, 3.8) is 0 Å². The van der Waals surface area contributed by atoms with Crippen LogP contribution >= 0.6 is 27.5 Å². The Bertz CT molecular complexity index is 431. The van der Waals surface area contributed by atoms with Gasteiger partial charge in [-0.25, -0.2) is 4.39 Å². The number of carbonyl (C=O) groups excluding carboxylic acids is 1. The van der Waals surface area contributed by atoms with Gasteiger partial charge >= 0.3 is 0 Å². The first-order chi connectivity index (χ1) is 8.84. The first-order valence-electron chi connectivity index (χ1n) is 6.14. The molecule has 1 amide bonds. The third-order valence-corrected chi connectivity index (χ3v) is 3.56. The lowest BCUT2D eigenvalue weighted by molar-refractivity contribution is 0.0934. The SMILES string of the molecule is CC(C)(CCCCl)CNC(=O)c1cc(F)cc(Br)c1. The van der Waals surface area contributed by atoms with Crippen molar-refractivity contribution in [1.82, 2.24) is 5.32 Å². The van der Waals surface area contributed by atoms with Crippen LogP contribution in [0.25, 0.3) is 0 Å². The van der Waals surface area contributed by atoms with E-state index in [4.69, 9.17) is 11.6 Å². The fourth-order valence-corrected chi connectivity index (χ4v) is 2.34. The van der Waals surface area contributed by atoms with Gasteiger partial charge in [0.2, 0.25) is 0 Å². The summed E-state index contributed by atoms with van der Waals surface area (Å²) in [7, 11) is 0. The van der Waals surface area contributed by atoms with Crippen LogP contribution in [-0.4, -0.2) is 18.3 Å². The fourth-order valence-electron chi connectivity index (χ4n) is 1.74. The van der Waals surface area contributed by atoms with Crippen molar-refractivity contribution < 1.29 is 9.18 Å². The molecule has 0 aliphatic heterocycles. The molecule has 0 saturated heterocycles. The number of amides is 1. The van der Waals surface area contributed by atoms with Crippen LogP contribution in [0.5, 0.6) is 0 Å². The summed E-state index contributed by atoms with van der Waals surface area (Å²) in [5.74, 6) is -0.0751. The molecule has 5 heteroatoms. The Morgan fingerprint density at radius 2 is 2.11 bits per heavy atom. The molecule has 1 N–H and O–H groups in total. The van der Waals surface area contributed by atoms with E-state index in [1.165, 1.54) is 12.1 Å². The summed E-state index contributed by atoms with van der Waals surface area (Å²) >= 11 is 8.84. The number of carbonyl (C=O) groups is 1. The summed E-state index contributed by atoms with van der Waals surface area (Å²) < 4.78 is 13.8. The molecule has 0 bridgehead atoms. The summed E-state index contributed by atoms with van der Waals surface area (Å²) in [6.07, 6.45) is 1.85. The highest BCUT2D eigenvalue weighted by atomic mass is 79.9. The standard InChI is InChI=1S/C14H18BrClFNO/c1-14(2,4-3-5-16)9-18-13(19)10-6-11(15)8-12(17)7-10/h6-8H,3-5,9H2,1-2H3,(H,18,19). The predicted molar refractivity (Wildman–Crippen MR) is 80.2 cm³/mol. The van der Waals surface area contributed by atoms with E-state index < -0.39 is 5.82 Å². The summed E-state index contributed by atoms with van der Waals surface area (Å²) in [4.78, 5) is 11.9. The highest BCUT2D eigenvalue weighted by molar-refractivity contribution is 9.10. The molecule has 0 spiro atoms. The van der Waals surface area contributed by atoms with Crippen LogP contribution in [-0.2, 0) is 0 Å². The van der Waals surface area contributed by atoms with Crippen molar-refractivity contribution in [1.29, 1.82) is 0 Å².